The van der Waals surface area contributed by atoms with Crippen molar-refractivity contribution < 1.29 is 13.2 Å². The summed E-state index contributed by atoms with van der Waals surface area (Å²) in [5, 5.41) is 0.344. The van der Waals surface area contributed by atoms with Crippen molar-refractivity contribution in [3.8, 4) is 11.1 Å². The molecule has 0 N–H and O–H groups in total. The Morgan fingerprint density at radius 3 is 2.44 bits per heavy atom. The van der Waals surface area contributed by atoms with Gasteiger partial charge in [-0.05, 0) is 56.0 Å². The van der Waals surface area contributed by atoms with Gasteiger partial charge in [0.2, 0.25) is 0 Å². The summed E-state index contributed by atoms with van der Waals surface area (Å²) in [4.78, 5) is 21.8. The van der Waals surface area contributed by atoms with Crippen LogP contribution >= 0.6 is 11.6 Å². The highest BCUT2D eigenvalue weighted by molar-refractivity contribution is 7.91. The van der Waals surface area contributed by atoms with Crippen LogP contribution in [0.4, 0.5) is 0 Å². The lowest BCUT2D eigenvalue weighted by Gasteiger charge is -2.23. The highest BCUT2D eigenvalue weighted by atomic mass is 35.5. The molecular formula is C25H25ClN2O3S. The van der Waals surface area contributed by atoms with Crippen LogP contribution in [0.25, 0.3) is 11.1 Å². The summed E-state index contributed by atoms with van der Waals surface area (Å²) >= 11 is 6.02. The summed E-state index contributed by atoms with van der Waals surface area (Å²) in [6.07, 6.45) is 5.06. The number of halogens is 1. The largest absolute Gasteiger partial charge is 0.298 e. The Balaban J connectivity index is 1.48. The molecule has 1 fully saturated rings. The standard InChI is InChI=1S/C25H25ClN2O3S/c1-25(2,23-5-3-4-21(28-23)16-32(30,31)22-10-11-22)24(29)12-17-6-8-18(9-7-17)19-13-20(26)15-27-14-19/h3-9,13-15,22H,10-12,16H2,1-2H3. The van der Waals surface area contributed by atoms with Crippen LogP contribution in [0.2, 0.25) is 5.02 Å². The Labute approximate surface area is 193 Å². The summed E-state index contributed by atoms with van der Waals surface area (Å²) in [6.45, 7) is 3.67. The van der Waals surface area contributed by atoms with E-state index in [1.165, 1.54) is 0 Å². The highest BCUT2D eigenvalue weighted by Crippen LogP contribution is 2.31. The summed E-state index contributed by atoms with van der Waals surface area (Å²) < 4.78 is 24.7. The van der Waals surface area contributed by atoms with Crippen molar-refractivity contribution in [2.45, 2.75) is 49.5 Å². The average Bonchev–Trinajstić information content (AvgIpc) is 3.60. The van der Waals surface area contributed by atoms with E-state index in [0.29, 0.717) is 16.4 Å². The molecule has 1 aliphatic carbocycles. The third-order valence-corrected chi connectivity index (χ3v) is 8.27. The third-order valence-electron chi connectivity index (χ3n) is 5.88. The van der Waals surface area contributed by atoms with Gasteiger partial charge in [-0.3, -0.25) is 14.8 Å². The third kappa shape index (κ3) is 5.08. The van der Waals surface area contributed by atoms with E-state index in [-0.39, 0.29) is 23.2 Å². The predicted octanol–water partition coefficient (Wildman–Crippen LogP) is 4.96. The number of hydrogen-bond acceptors (Lipinski definition) is 5. The van der Waals surface area contributed by atoms with E-state index in [1.807, 2.05) is 44.2 Å². The lowest BCUT2D eigenvalue weighted by atomic mass is 9.81. The average molecular weight is 469 g/mol. The van der Waals surface area contributed by atoms with Gasteiger partial charge in [0.1, 0.15) is 5.78 Å². The summed E-state index contributed by atoms with van der Waals surface area (Å²) in [5.41, 5.74) is 3.03. The molecular weight excluding hydrogens is 444 g/mol. The zero-order chi connectivity index (χ0) is 22.9. The van der Waals surface area contributed by atoms with Crippen LogP contribution < -0.4 is 0 Å². The molecule has 0 spiro atoms. The van der Waals surface area contributed by atoms with Crippen LogP contribution in [0.3, 0.4) is 0 Å². The lowest BCUT2D eigenvalue weighted by molar-refractivity contribution is -0.122. The first kappa shape index (κ1) is 22.6. The van der Waals surface area contributed by atoms with Crippen molar-refractivity contribution >= 4 is 27.2 Å². The molecule has 166 valence electrons. The molecule has 0 amide bonds. The molecule has 5 nitrogen and oxygen atoms in total. The van der Waals surface area contributed by atoms with Gasteiger partial charge in [-0.15, -0.1) is 0 Å². The molecule has 0 radical (unpaired) electrons. The molecule has 2 heterocycles. The topological polar surface area (TPSA) is 77.0 Å². The fourth-order valence-electron chi connectivity index (χ4n) is 3.59. The van der Waals surface area contributed by atoms with Gasteiger partial charge in [0.05, 0.1) is 32.8 Å². The number of aromatic nitrogens is 2. The van der Waals surface area contributed by atoms with Crippen molar-refractivity contribution in [1.29, 1.82) is 0 Å². The first-order chi connectivity index (χ1) is 15.1. The number of ketones is 1. The molecule has 4 rings (SSSR count). The highest BCUT2D eigenvalue weighted by Gasteiger charge is 2.36. The quantitative estimate of drug-likeness (QED) is 0.466. The number of carbonyl (C=O) groups is 1. The number of rotatable bonds is 8. The second-order valence-corrected chi connectivity index (χ2v) is 11.6. The zero-order valence-corrected chi connectivity index (χ0v) is 19.7. The summed E-state index contributed by atoms with van der Waals surface area (Å²) in [7, 11) is -3.16. The minimum Gasteiger partial charge on any atom is -0.298 e. The normalized spacial score (nSPS) is 14.3. The van der Waals surface area contributed by atoms with Crippen molar-refractivity contribution in [2.75, 3.05) is 0 Å². The van der Waals surface area contributed by atoms with Crippen molar-refractivity contribution in [3.05, 3.63) is 82.9 Å². The van der Waals surface area contributed by atoms with E-state index in [9.17, 15) is 13.2 Å². The van der Waals surface area contributed by atoms with Gasteiger partial charge >= 0.3 is 0 Å². The number of benzene rings is 1. The Morgan fingerprint density at radius 2 is 1.78 bits per heavy atom. The molecule has 32 heavy (non-hydrogen) atoms. The Morgan fingerprint density at radius 1 is 1.06 bits per heavy atom. The first-order valence-electron chi connectivity index (χ1n) is 10.6. The maximum Gasteiger partial charge on any atom is 0.158 e. The fourth-order valence-corrected chi connectivity index (χ4v) is 5.43. The van der Waals surface area contributed by atoms with Crippen molar-refractivity contribution in [2.24, 2.45) is 0 Å². The van der Waals surface area contributed by atoms with Gasteiger partial charge < -0.3 is 0 Å². The molecule has 2 aromatic heterocycles. The lowest BCUT2D eigenvalue weighted by Crippen LogP contribution is -2.32. The van der Waals surface area contributed by atoms with Gasteiger partial charge in [-0.2, -0.15) is 0 Å². The van der Waals surface area contributed by atoms with Crippen LogP contribution in [0, 0.1) is 0 Å². The molecule has 0 unspecified atom stereocenters. The van der Waals surface area contributed by atoms with E-state index < -0.39 is 15.3 Å². The zero-order valence-electron chi connectivity index (χ0n) is 18.1. The van der Waals surface area contributed by atoms with E-state index in [0.717, 1.165) is 29.5 Å². The number of carbonyl (C=O) groups excluding carboxylic acids is 1. The van der Waals surface area contributed by atoms with E-state index >= 15 is 0 Å². The van der Waals surface area contributed by atoms with Gasteiger partial charge in [0.15, 0.2) is 9.84 Å². The van der Waals surface area contributed by atoms with E-state index in [4.69, 9.17) is 11.6 Å². The number of nitrogens with zero attached hydrogens (tertiary/aromatic N) is 2. The van der Waals surface area contributed by atoms with Crippen LogP contribution in [-0.2, 0) is 32.2 Å². The first-order valence-corrected chi connectivity index (χ1v) is 12.7. The Hall–Kier alpha value is -2.57. The maximum absolute atomic E-state index is 13.2. The fraction of sp³-hybridized carbons (Fsp3) is 0.320. The SMILES string of the molecule is CC(C)(C(=O)Cc1ccc(-c2cncc(Cl)c2)cc1)c1cccc(CS(=O)(=O)C2CC2)n1. The van der Waals surface area contributed by atoms with Crippen LogP contribution in [0.1, 0.15) is 43.6 Å². The molecule has 0 aliphatic heterocycles. The second kappa shape index (κ2) is 8.75. The predicted molar refractivity (Wildman–Crippen MR) is 126 cm³/mol. The second-order valence-electron chi connectivity index (χ2n) is 8.83. The van der Waals surface area contributed by atoms with E-state index in [2.05, 4.69) is 9.97 Å². The van der Waals surface area contributed by atoms with Crippen molar-refractivity contribution in [3.63, 3.8) is 0 Å². The maximum atomic E-state index is 13.2. The van der Waals surface area contributed by atoms with Gasteiger partial charge in [-0.1, -0.05) is 41.9 Å². The van der Waals surface area contributed by atoms with Crippen LogP contribution in [0.15, 0.2) is 60.9 Å². The minimum absolute atomic E-state index is 0.0179. The number of sulfone groups is 1. The minimum atomic E-state index is -3.16. The van der Waals surface area contributed by atoms with Gasteiger partial charge in [-0.25, -0.2) is 8.42 Å². The molecule has 7 heteroatoms. The van der Waals surface area contributed by atoms with Gasteiger partial charge in [0, 0.05) is 24.4 Å². The van der Waals surface area contributed by atoms with Crippen molar-refractivity contribution in [1.82, 2.24) is 9.97 Å². The monoisotopic (exact) mass is 468 g/mol. The molecule has 3 aromatic rings. The summed E-state index contributed by atoms with van der Waals surface area (Å²) in [6, 6.07) is 14.9. The summed E-state index contributed by atoms with van der Waals surface area (Å²) in [5.74, 6) is -0.0559. The molecule has 1 aliphatic rings. The van der Waals surface area contributed by atoms with Gasteiger partial charge in [0.25, 0.3) is 0 Å². The molecule has 0 atom stereocenters. The van der Waals surface area contributed by atoms with E-state index in [1.54, 1.807) is 30.6 Å². The Bertz CT molecular complexity index is 1250. The molecule has 0 saturated heterocycles. The number of pyridine rings is 2. The smallest absolute Gasteiger partial charge is 0.158 e. The molecule has 0 bridgehead atoms. The van der Waals surface area contributed by atoms with Crippen LogP contribution in [0.5, 0.6) is 0 Å². The number of hydrogen-bond donors (Lipinski definition) is 0. The molecule has 1 saturated carbocycles. The Kier molecular flexibility index (Phi) is 6.19. The molecule has 1 aromatic carbocycles. The van der Waals surface area contributed by atoms with Crippen LogP contribution in [-0.4, -0.2) is 29.4 Å². The number of Topliss-reactive ketones (excluding diaryl/α,β-unsaturated/α-hetero) is 1.